The van der Waals surface area contributed by atoms with Crippen LogP contribution < -0.4 is 9.64 Å². The van der Waals surface area contributed by atoms with E-state index in [0.717, 1.165) is 34.9 Å². The van der Waals surface area contributed by atoms with Gasteiger partial charge in [0.15, 0.2) is 11.5 Å². The predicted octanol–water partition coefficient (Wildman–Crippen LogP) is 3.43. The number of fused-ring (bicyclic) bond motifs is 2. The lowest BCUT2D eigenvalue weighted by molar-refractivity contribution is 0.328. The Labute approximate surface area is 137 Å². The molecule has 0 aromatic heterocycles. The van der Waals surface area contributed by atoms with Crippen LogP contribution in [0.4, 0.5) is 11.4 Å². The van der Waals surface area contributed by atoms with Crippen LogP contribution in [0.5, 0.6) is 11.5 Å². The van der Waals surface area contributed by atoms with Gasteiger partial charge in [-0.2, -0.15) is 0 Å². The van der Waals surface area contributed by atoms with Crippen LogP contribution in [0.3, 0.4) is 0 Å². The van der Waals surface area contributed by atoms with Gasteiger partial charge in [-0.15, -0.1) is 0 Å². The number of hydrogen-bond acceptors (Lipinski definition) is 5. The molecule has 0 N–H and O–H groups in total. The first-order valence-corrected chi connectivity index (χ1v) is 8.74. The summed E-state index contributed by atoms with van der Waals surface area (Å²) in [6.45, 7) is 2.94. The number of ether oxygens (including phenoxy) is 1. The Morgan fingerprint density at radius 2 is 1.87 bits per heavy atom. The first-order chi connectivity index (χ1) is 11.2. The van der Waals surface area contributed by atoms with Crippen molar-refractivity contribution in [1.82, 2.24) is 0 Å². The third-order valence-electron chi connectivity index (χ3n) is 3.84. The lowest BCUT2D eigenvalue weighted by Gasteiger charge is -2.33. The maximum absolute atomic E-state index is 10.5. The number of anilines is 2. The fraction of sp³-hybridized carbons (Fsp3) is 0.294. The van der Waals surface area contributed by atoms with Crippen LogP contribution >= 0.6 is 0 Å². The number of hydrogen-bond donors (Lipinski definition) is 1. The average Bonchev–Trinajstić information content (AvgIpc) is 2.57. The van der Waals surface area contributed by atoms with Crippen LogP contribution in [-0.2, 0) is 21.6 Å². The van der Waals surface area contributed by atoms with Gasteiger partial charge in [-0.05, 0) is 36.6 Å². The summed E-state index contributed by atoms with van der Waals surface area (Å²) in [4.78, 5) is 2.16. The smallest absolute Gasteiger partial charge is 0.257 e. The molecule has 3 rings (SSSR count). The Kier molecular flexibility index (Phi) is 4.83. The summed E-state index contributed by atoms with van der Waals surface area (Å²) >= 11 is 0. The quantitative estimate of drug-likeness (QED) is 0.648. The average molecular weight is 333 g/mol. The highest BCUT2D eigenvalue weighted by Gasteiger charge is 2.25. The molecule has 0 atom stereocenters. The van der Waals surface area contributed by atoms with Crippen molar-refractivity contribution in [2.24, 2.45) is 0 Å². The van der Waals surface area contributed by atoms with E-state index in [0.29, 0.717) is 13.0 Å². The fourth-order valence-electron chi connectivity index (χ4n) is 2.79. The zero-order valence-corrected chi connectivity index (χ0v) is 13.8. The highest BCUT2D eigenvalue weighted by Crippen LogP contribution is 2.48. The lowest BCUT2D eigenvalue weighted by Crippen LogP contribution is -2.23. The second kappa shape index (κ2) is 7.02. The summed E-state index contributed by atoms with van der Waals surface area (Å²) in [7, 11) is -2.79. The van der Waals surface area contributed by atoms with Gasteiger partial charge in [0.25, 0.3) is 11.0 Å². The Balaban J connectivity index is 1.91. The Morgan fingerprint density at radius 1 is 1.09 bits per heavy atom. The molecule has 0 fully saturated rings. The van der Waals surface area contributed by atoms with E-state index in [-0.39, 0.29) is 6.61 Å². The molecule has 1 heterocycles. The van der Waals surface area contributed by atoms with Gasteiger partial charge in [0.1, 0.15) is 0 Å². The molecular formula is C17H19NO4S. The molecule has 0 unspecified atom stereocenters. The van der Waals surface area contributed by atoms with Crippen molar-refractivity contribution in [1.29, 1.82) is 0 Å². The Morgan fingerprint density at radius 3 is 2.65 bits per heavy atom. The van der Waals surface area contributed by atoms with Crippen molar-refractivity contribution in [3.63, 3.8) is 0 Å². The van der Waals surface area contributed by atoms with Crippen LogP contribution in [0.25, 0.3) is 0 Å². The van der Waals surface area contributed by atoms with Crippen LogP contribution in [-0.4, -0.2) is 21.6 Å². The van der Waals surface area contributed by atoms with Gasteiger partial charge in [0, 0.05) is 6.54 Å². The number of benzene rings is 2. The molecule has 0 amide bonds. The second-order valence-corrected chi connectivity index (χ2v) is 5.96. The fourth-order valence-corrected chi connectivity index (χ4v) is 3.07. The van der Waals surface area contributed by atoms with Crippen molar-refractivity contribution >= 4 is 22.4 Å². The van der Waals surface area contributed by atoms with E-state index >= 15 is 0 Å². The van der Waals surface area contributed by atoms with Crippen LogP contribution in [0.15, 0.2) is 42.5 Å². The zero-order chi connectivity index (χ0) is 16.2. The number of para-hydroxylation sites is 3. The number of nitrogens with zero attached hydrogens (tertiary/aromatic N) is 1. The molecule has 0 aliphatic carbocycles. The molecule has 23 heavy (non-hydrogen) atoms. The van der Waals surface area contributed by atoms with E-state index in [2.05, 4.69) is 22.1 Å². The minimum atomic E-state index is -2.79. The number of thiol groups is 1. The highest BCUT2D eigenvalue weighted by atomic mass is 32.2. The minimum absolute atomic E-state index is 0.182. The molecule has 1 aliphatic rings. The maximum Gasteiger partial charge on any atom is 0.257 e. The Hall–Kier alpha value is -2.05. The summed E-state index contributed by atoms with van der Waals surface area (Å²) in [5, 5.41) is 0. The van der Waals surface area contributed by atoms with E-state index in [4.69, 9.17) is 4.74 Å². The third kappa shape index (κ3) is 3.33. The van der Waals surface area contributed by atoms with Gasteiger partial charge < -0.3 is 9.64 Å². The van der Waals surface area contributed by atoms with E-state index in [1.807, 2.05) is 36.4 Å². The largest absolute Gasteiger partial charge is 0.453 e. The molecule has 0 spiro atoms. The lowest BCUT2D eigenvalue weighted by atomic mass is 10.1. The van der Waals surface area contributed by atoms with Gasteiger partial charge in [-0.3, -0.25) is 4.18 Å². The normalized spacial score (nSPS) is 12.7. The molecule has 0 bridgehead atoms. The summed E-state index contributed by atoms with van der Waals surface area (Å²) in [6.07, 6.45) is 1.49. The topological polar surface area (TPSA) is 55.8 Å². The van der Waals surface area contributed by atoms with Crippen LogP contribution in [0.2, 0.25) is 0 Å². The van der Waals surface area contributed by atoms with E-state index in [1.54, 1.807) is 0 Å². The maximum atomic E-state index is 10.5. The van der Waals surface area contributed by atoms with Crippen molar-refractivity contribution in [2.45, 2.75) is 19.8 Å². The zero-order valence-electron chi connectivity index (χ0n) is 12.9. The summed E-state index contributed by atoms with van der Waals surface area (Å²) in [6, 6.07) is 14.0. The predicted molar refractivity (Wildman–Crippen MR) is 90.2 cm³/mol. The van der Waals surface area contributed by atoms with Crippen molar-refractivity contribution < 1.29 is 17.3 Å². The van der Waals surface area contributed by atoms with Crippen molar-refractivity contribution in [3.8, 4) is 11.5 Å². The first kappa shape index (κ1) is 15.8. The van der Waals surface area contributed by atoms with Gasteiger partial charge in [0.05, 0.1) is 18.0 Å². The van der Waals surface area contributed by atoms with E-state index < -0.39 is 11.0 Å². The van der Waals surface area contributed by atoms with E-state index in [9.17, 15) is 8.42 Å². The Bertz CT molecular complexity index is 765. The van der Waals surface area contributed by atoms with Gasteiger partial charge in [0.2, 0.25) is 0 Å². The molecular weight excluding hydrogens is 314 g/mol. The van der Waals surface area contributed by atoms with Crippen molar-refractivity contribution in [2.75, 3.05) is 18.1 Å². The molecule has 0 saturated heterocycles. The summed E-state index contributed by atoms with van der Waals surface area (Å²) in [5.74, 6) is 1.70. The molecule has 6 heteroatoms. The van der Waals surface area contributed by atoms with Crippen LogP contribution in [0, 0.1) is 0 Å². The summed E-state index contributed by atoms with van der Waals surface area (Å²) < 4.78 is 31.8. The molecule has 122 valence electrons. The molecule has 0 saturated carbocycles. The monoisotopic (exact) mass is 333 g/mol. The second-order valence-electron chi connectivity index (χ2n) is 5.25. The SMILES string of the molecule is CCc1cccc2c1Oc1ccccc1N2CCCO[SH](=O)=O. The molecule has 0 radical (unpaired) electrons. The van der Waals surface area contributed by atoms with Gasteiger partial charge in [-0.1, -0.05) is 31.2 Å². The number of rotatable bonds is 6. The molecule has 1 aliphatic heterocycles. The standard InChI is InChI=1S/C17H19NO4S/c1-2-13-7-5-9-15-17(13)22-16-10-4-3-8-14(16)18(15)11-6-12-21-23(19)20/h3-5,7-10,23H,2,6,11-12H2,1H3. The minimum Gasteiger partial charge on any atom is -0.453 e. The van der Waals surface area contributed by atoms with Crippen molar-refractivity contribution in [3.05, 3.63) is 48.0 Å². The van der Waals surface area contributed by atoms with E-state index in [1.165, 1.54) is 0 Å². The molecule has 5 nitrogen and oxygen atoms in total. The van der Waals surface area contributed by atoms with Crippen LogP contribution in [0.1, 0.15) is 18.9 Å². The first-order valence-electron chi connectivity index (χ1n) is 7.64. The molecule has 2 aromatic rings. The van der Waals surface area contributed by atoms with Gasteiger partial charge in [-0.25, -0.2) is 8.42 Å². The summed E-state index contributed by atoms with van der Waals surface area (Å²) in [5.41, 5.74) is 3.15. The molecule has 2 aromatic carbocycles. The third-order valence-corrected chi connectivity index (χ3v) is 4.23. The van der Waals surface area contributed by atoms with Gasteiger partial charge >= 0.3 is 0 Å². The highest BCUT2D eigenvalue weighted by molar-refractivity contribution is 7.67. The number of aryl methyl sites for hydroxylation is 1.